The number of rotatable bonds is 8. The highest BCUT2D eigenvalue weighted by Crippen LogP contribution is 2.18. The summed E-state index contributed by atoms with van der Waals surface area (Å²) in [6, 6.07) is 5.82. The number of carboxylic acid groups (broad SMARTS) is 2. The molecule has 1 heterocycles. The molecule has 1 amide bonds. The molecule has 2 aromatic rings. The number of aromatic nitrogens is 1. The molecule has 0 aliphatic heterocycles. The van der Waals surface area contributed by atoms with Crippen molar-refractivity contribution in [3.05, 3.63) is 36.0 Å². The fourth-order valence-corrected chi connectivity index (χ4v) is 2.37. The largest absolute Gasteiger partial charge is 0.490 e. The van der Waals surface area contributed by atoms with Crippen LogP contribution in [0.5, 0.6) is 0 Å². The zero-order valence-electron chi connectivity index (χ0n) is 16.3. The lowest BCUT2D eigenvalue weighted by molar-refractivity contribution is -0.192. The van der Waals surface area contributed by atoms with Crippen molar-refractivity contribution in [2.45, 2.75) is 25.1 Å². The molecule has 1 aromatic carbocycles. The molecule has 0 aliphatic rings. The molecule has 1 atom stereocenters. The van der Waals surface area contributed by atoms with Crippen LogP contribution in [0, 0.1) is 0 Å². The molecule has 1 aromatic heterocycles. The molecule has 174 valence electrons. The predicted molar refractivity (Wildman–Crippen MR) is 106 cm³/mol. The molecule has 0 bridgehead atoms. The van der Waals surface area contributed by atoms with Crippen LogP contribution in [-0.4, -0.2) is 63.5 Å². The van der Waals surface area contributed by atoms with Crippen molar-refractivity contribution in [3.63, 3.8) is 0 Å². The number of nitrogens with two attached hydrogens (primary N) is 2. The van der Waals surface area contributed by atoms with Gasteiger partial charge in [0, 0.05) is 23.6 Å². The minimum absolute atomic E-state index is 0.0922. The maximum Gasteiger partial charge on any atom is 0.490 e. The number of hydrogen-bond donors (Lipinski definition) is 6. The molecule has 0 aliphatic carbocycles. The third-order valence-electron chi connectivity index (χ3n) is 3.83. The minimum Gasteiger partial charge on any atom is -0.480 e. The van der Waals surface area contributed by atoms with Gasteiger partial charge < -0.3 is 32.0 Å². The van der Waals surface area contributed by atoms with Gasteiger partial charge in [0.15, 0.2) is 5.96 Å². The number of hydrogen-bond acceptors (Lipinski definition) is 5. The fourth-order valence-electron chi connectivity index (χ4n) is 2.37. The van der Waals surface area contributed by atoms with Crippen LogP contribution < -0.4 is 16.8 Å². The van der Waals surface area contributed by atoms with Gasteiger partial charge in [0.2, 0.25) is 0 Å². The summed E-state index contributed by atoms with van der Waals surface area (Å²) < 4.78 is 31.7. The van der Waals surface area contributed by atoms with Gasteiger partial charge in [-0.3, -0.25) is 14.6 Å². The van der Waals surface area contributed by atoms with Crippen LogP contribution in [0.1, 0.15) is 23.2 Å². The van der Waals surface area contributed by atoms with Gasteiger partial charge in [0.25, 0.3) is 11.7 Å². The average Bonchev–Trinajstić information content (AvgIpc) is 3.13. The van der Waals surface area contributed by atoms with Crippen LogP contribution in [0.2, 0.25) is 0 Å². The van der Waals surface area contributed by atoms with Gasteiger partial charge in [-0.2, -0.15) is 13.2 Å². The number of fused-ring (bicyclic) bond motifs is 1. The van der Waals surface area contributed by atoms with Crippen molar-refractivity contribution in [1.82, 2.24) is 10.3 Å². The van der Waals surface area contributed by atoms with Crippen molar-refractivity contribution >= 4 is 40.5 Å². The third kappa shape index (κ3) is 7.97. The van der Waals surface area contributed by atoms with Crippen LogP contribution >= 0.6 is 0 Å². The van der Waals surface area contributed by atoms with Crippen LogP contribution in [0.25, 0.3) is 10.9 Å². The van der Waals surface area contributed by atoms with Crippen molar-refractivity contribution < 1.29 is 42.6 Å². The first-order valence-corrected chi connectivity index (χ1v) is 8.84. The smallest absolute Gasteiger partial charge is 0.480 e. The van der Waals surface area contributed by atoms with E-state index in [1.807, 2.05) is 0 Å². The van der Waals surface area contributed by atoms with Gasteiger partial charge in [-0.25, -0.2) is 9.59 Å². The van der Waals surface area contributed by atoms with Crippen molar-refractivity contribution in [1.29, 1.82) is 0 Å². The highest BCUT2D eigenvalue weighted by atomic mass is 19.4. The monoisotopic (exact) mass is 459 g/mol. The molecular formula is C18H20F3N5O6. The van der Waals surface area contributed by atoms with E-state index in [2.05, 4.69) is 15.3 Å². The fraction of sp³-hybridized carbons (Fsp3) is 0.278. The maximum atomic E-state index is 12.3. The number of amides is 1. The highest BCUT2D eigenvalue weighted by molar-refractivity contribution is 6.45. The minimum atomic E-state index is -5.08. The number of aromatic amines is 1. The number of guanidine groups is 1. The molecule has 0 unspecified atom stereocenters. The Bertz CT molecular complexity index is 1010. The van der Waals surface area contributed by atoms with Gasteiger partial charge in [0.1, 0.15) is 6.04 Å². The SMILES string of the molecule is NC(N)=NCCC[C@H](NC(=O)C(=O)c1c[nH]c2ccccc12)C(=O)O.O=C(O)C(F)(F)F. The Morgan fingerprint density at radius 1 is 1.12 bits per heavy atom. The standard InChI is InChI=1S/C16H19N5O4.C2HF3O2/c17-16(18)19-7-3-6-12(15(24)25)21-14(23)13(22)10-8-20-11-5-2-1-4-9(10)11;3-2(4,5)1(6)7/h1-2,4-5,8,12,20H,3,6-7H2,(H,21,23)(H,24,25)(H4,17,18,19);(H,6,7)/t12-;/m0./s1. The van der Waals surface area contributed by atoms with Gasteiger partial charge in [-0.05, 0) is 18.9 Å². The number of halogens is 3. The Labute approximate surface area is 178 Å². The number of ketones is 1. The van der Waals surface area contributed by atoms with Crippen molar-refractivity contribution in [2.75, 3.05) is 6.54 Å². The summed E-state index contributed by atoms with van der Waals surface area (Å²) in [6.07, 6.45) is -3.21. The topological polar surface area (TPSA) is 201 Å². The third-order valence-corrected chi connectivity index (χ3v) is 3.83. The first-order chi connectivity index (χ1) is 14.8. The Kier molecular flexibility index (Phi) is 9.19. The van der Waals surface area contributed by atoms with E-state index in [9.17, 15) is 32.7 Å². The number of Topliss-reactive ketones (excluding diaryl/α,β-unsaturated/α-hetero) is 1. The molecule has 0 saturated carbocycles. The van der Waals surface area contributed by atoms with Gasteiger partial charge >= 0.3 is 18.1 Å². The normalized spacial score (nSPS) is 11.6. The number of aliphatic carboxylic acids is 2. The van der Waals surface area contributed by atoms with Crippen LogP contribution in [0.15, 0.2) is 35.5 Å². The van der Waals surface area contributed by atoms with Gasteiger partial charge in [0.05, 0.1) is 5.56 Å². The summed E-state index contributed by atoms with van der Waals surface area (Å²) in [5.41, 5.74) is 11.3. The summed E-state index contributed by atoms with van der Waals surface area (Å²) >= 11 is 0. The number of benzene rings is 1. The highest BCUT2D eigenvalue weighted by Gasteiger charge is 2.38. The molecule has 32 heavy (non-hydrogen) atoms. The molecule has 11 nitrogen and oxygen atoms in total. The average molecular weight is 459 g/mol. The number of nitrogens with zero attached hydrogens (tertiary/aromatic N) is 1. The van der Waals surface area contributed by atoms with E-state index in [-0.39, 0.29) is 24.5 Å². The molecule has 14 heteroatoms. The number of aliphatic imine (C=N–C) groups is 1. The van der Waals surface area contributed by atoms with E-state index in [1.54, 1.807) is 24.3 Å². The number of H-pyrrole nitrogens is 1. The number of alkyl halides is 3. The summed E-state index contributed by atoms with van der Waals surface area (Å²) in [7, 11) is 0. The zero-order chi connectivity index (χ0) is 24.5. The number of carboxylic acids is 2. The van der Waals surface area contributed by atoms with Gasteiger partial charge in [-0.1, -0.05) is 18.2 Å². The van der Waals surface area contributed by atoms with E-state index in [0.717, 1.165) is 0 Å². The number of para-hydroxylation sites is 1. The number of carbonyl (C=O) groups excluding carboxylic acids is 2. The van der Waals surface area contributed by atoms with Crippen LogP contribution in [0.3, 0.4) is 0 Å². The summed E-state index contributed by atoms with van der Waals surface area (Å²) in [6.45, 7) is 0.235. The number of carbonyl (C=O) groups is 4. The lowest BCUT2D eigenvalue weighted by atomic mass is 10.1. The van der Waals surface area contributed by atoms with E-state index in [0.29, 0.717) is 17.3 Å². The molecule has 0 fully saturated rings. The van der Waals surface area contributed by atoms with E-state index in [4.69, 9.17) is 21.4 Å². The first kappa shape index (κ1) is 25.9. The maximum absolute atomic E-state index is 12.3. The molecule has 0 spiro atoms. The molecular weight excluding hydrogens is 439 g/mol. The van der Waals surface area contributed by atoms with Crippen molar-refractivity contribution in [3.8, 4) is 0 Å². The molecule has 0 radical (unpaired) electrons. The van der Waals surface area contributed by atoms with Crippen LogP contribution in [-0.2, 0) is 14.4 Å². The lowest BCUT2D eigenvalue weighted by Gasteiger charge is -2.13. The number of nitrogens with one attached hydrogen (secondary N) is 2. The lowest BCUT2D eigenvalue weighted by Crippen LogP contribution is -2.44. The van der Waals surface area contributed by atoms with E-state index >= 15 is 0 Å². The Balaban J connectivity index is 0.000000633. The molecule has 8 N–H and O–H groups in total. The van der Waals surface area contributed by atoms with Crippen LogP contribution in [0.4, 0.5) is 13.2 Å². The second kappa shape index (κ2) is 11.3. The van der Waals surface area contributed by atoms with Gasteiger partial charge in [-0.15, -0.1) is 0 Å². The molecule has 0 saturated heterocycles. The quantitative estimate of drug-likeness (QED) is 0.108. The second-order valence-corrected chi connectivity index (χ2v) is 6.19. The zero-order valence-corrected chi connectivity index (χ0v) is 16.3. The van der Waals surface area contributed by atoms with E-state index < -0.39 is 35.8 Å². The Morgan fingerprint density at radius 3 is 2.25 bits per heavy atom. The Hall–Kier alpha value is -4.10. The second-order valence-electron chi connectivity index (χ2n) is 6.19. The predicted octanol–water partition coefficient (Wildman–Crippen LogP) is 0.607. The Morgan fingerprint density at radius 2 is 1.72 bits per heavy atom. The summed E-state index contributed by atoms with van der Waals surface area (Å²) in [4.78, 5) is 51.3. The first-order valence-electron chi connectivity index (χ1n) is 8.84. The summed E-state index contributed by atoms with van der Waals surface area (Å²) in [5.74, 6) is -5.85. The molecule has 2 rings (SSSR count). The van der Waals surface area contributed by atoms with E-state index in [1.165, 1.54) is 6.20 Å². The summed E-state index contributed by atoms with van der Waals surface area (Å²) in [5, 5.41) is 19.2. The van der Waals surface area contributed by atoms with Crippen molar-refractivity contribution in [2.24, 2.45) is 16.5 Å².